The smallest absolute Gasteiger partial charge is 0.297 e. The second-order valence-electron chi connectivity index (χ2n) is 4.12. The van der Waals surface area contributed by atoms with E-state index in [0.29, 0.717) is 35.3 Å². The van der Waals surface area contributed by atoms with Gasteiger partial charge in [-0.05, 0) is 23.6 Å². The molecule has 1 aliphatic heterocycles. The number of fused-ring (bicyclic) bond motifs is 1. The first kappa shape index (κ1) is 12.7. The fourth-order valence-electron chi connectivity index (χ4n) is 1.83. The third-order valence-electron chi connectivity index (χ3n) is 2.75. The summed E-state index contributed by atoms with van der Waals surface area (Å²) in [5.41, 5.74) is 0.504. The Morgan fingerprint density at radius 3 is 2.65 bits per heavy atom. The fraction of sp³-hybridized carbons (Fsp3) is 0.143. The van der Waals surface area contributed by atoms with Crippen LogP contribution in [0.3, 0.4) is 0 Å². The van der Waals surface area contributed by atoms with Gasteiger partial charge in [-0.1, -0.05) is 6.07 Å². The van der Waals surface area contributed by atoms with E-state index < -0.39 is 11.7 Å². The van der Waals surface area contributed by atoms with E-state index >= 15 is 0 Å². The summed E-state index contributed by atoms with van der Waals surface area (Å²) in [6.45, 7) is 0.980. The van der Waals surface area contributed by atoms with E-state index in [-0.39, 0.29) is 0 Å². The Kier molecular flexibility index (Phi) is 3.39. The van der Waals surface area contributed by atoms with E-state index in [1.54, 1.807) is 35.7 Å². The lowest BCUT2D eigenvalue weighted by Gasteiger charge is -2.18. The van der Waals surface area contributed by atoms with Gasteiger partial charge in [0, 0.05) is 11.8 Å². The number of amides is 1. The number of nitrogens with one attached hydrogen (secondary N) is 1. The highest BCUT2D eigenvalue weighted by Crippen LogP contribution is 2.32. The number of hydrogen-bond donors (Lipinski definition) is 1. The highest BCUT2D eigenvalue weighted by molar-refractivity contribution is 7.13. The second kappa shape index (κ2) is 5.34. The predicted octanol–water partition coefficient (Wildman–Crippen LogP) is 2.34. The van der Waals surface area contributed by atoms with Gasteiger partial charge in [-0.15, -0.1) is 11.3 Å². The van der Waals surface area contributed by atoms with Crippen LogP contribution >= 0.6 is 11.3 Å². The molecule has 2 aromatic rings. The summed E-state index contributed by atoms with van der Waals surface area (Å²) in [7, 11) is 0. The lowest BCUT2D eigenvalue weighted by atomic mass is 10.2. The molecule has 1 aromatic carbocycles. The van der Waals surface area contributed by atoms with Crippen molar-refractivity contribution in [2.24, 2.45) is 0 Å². The zero-order chi connectivity index (χ0) is 13.9. The van der Waals surface area contributed by atoms with Gasteiger partial charge in [-0.3, -0.25) is 9.59 Å². The van der Waals surface area contributed by atoms with Gasteiger partial charge in [-0.25, -0.2) is 0 Å². The van der Waals surface area contributed by atoms with Crippen molar-refractivity contribution < 1.29 is 19.1 Å². The Hall–Kier alpha value is -2.34. The van der Waals surface area contributed by atoms with Gasteiger partial charge in [-0.2, -0.15) is 0 Å². The summed E-state index contributed by atoms with van der Waals surface area (Å²) >= 11 is 1.24. The number of rotatable bonds is 3. The van der Waals surface area contributed by atoms with Crippen molar-refractivity contribution in [1.29, 1.82) is 0 Å². The van der Waals surface area contributed by atoms with Gasteiger partial charge >= 0.3 is 0 Å². The van der Waals surface area contributed by atoms with E-state index in [2.05, 4.69) is 5.32 Å². The van der Waals surface area contributed by atoms with Crippen LogP contribution in [-0.2, 0) is 4.79 Å². The Morgan fingerprint density at radius 1 is 1.10 bits per heavy atom. The van der Waals surface area contributed by atoms with Gasteiger partial charge in [0.2, 0.25) is 0 Å². The second-order valence-corrected chi connectivity index (χ2v) is 5.07. The first-order valence-corrected chi connectivity index (χ1v) is 6.91. The molecule has 0 bridgehead atoms. The molecule has 1 N–H and O–H groups in total. The molecule has 6 heteroatoms. The van der Waals surface area contributed by atoms with Crippen LogP contribution in [0.25, 0.3) is 0 Å². The molecule has 0 atom stereocenters. The molecule has 0 radical (unpaired) electrons. The molecule has 1 aliphatic rings. The Bertz CT molecular complexity index is 651. The number of ketones is 1. The molecule has 0 unspecified atom stereocenters. The van der Waals surface area contributed by atoms with Crippen molar-refractivity contribution in [3.63, 3.8) is 0 Å². The highest BCUT2D eigenvalue weighted by atomic mass is 32.1. The minimum absolute atomic E-state index is 0.417. The maximum atomic E-state index is 11.9. The molecule has 2 heterocycles. The summed E-state index contributed by atoms with van der Waals surface area (Å²) in [6, 6.07) is 8.38. The molecule has 0 spiro atoms. The van der Waals surface area contributed by atoms with Crippen LogP contribution in [0.15, 0.2) is 35.7 Å². The van der Waals surface area contributed by atoms with Crippen molar-refractivity contribution in [2.75, 3.05) is 18.5 Å². The largest absolute Gasteiger partial charge is 0.486 e. The van der Waals surface area contributed by atoms with Crippen molar-refractivity contribution >= 4 is 28.7 Å². The molecule has 1 amide bonds. The van der Waals surface area contributed by atoms with Crippen LogP contribution < -0.4 is 14.8 Å². The number of thiophene rings is 1. The summed E-state index contributed by atoms with van der Waals surface area (Å²) in [5.74, 6) is -0.00419. The maximum Gasteiger partial charge on any atom is 0.297 e. The normalized spacial score (nSPS) is 12.8. The van der Waals surface area contributed by atoms with Crippen molar-refractivity contribution in [3.05, 3.63) is 40.6 Å². The van der Waals surface area contributed by atoms with Crippen molar-refractivity contribution in [2.45, 2.75) is 0 Å². The SMILES string of the molecule is O=C(Nc1ccc2c(c1)OCCO2)C(=O)c1cccs1. The number of Topliss-reactive ketones (excluding diaryl/α,β-unsaturated/α-hetero) is 1. The molecular weight excluding hydrogens is 278 g/mol. The molecule has 3 rings (SSSR count). The molecule has 1 aromatic heterocycles. The quantitative estimate of drug-likeness (QED) is 0.696. The summed E-state index contributed by atoms with van der Waals surface area (Å²) in [6.07, 6.45) is 0. The van der Waals surface area contributed by atoms with Gasteiger partial charge in [0.25, 0.3) is 11.7 Å². The van der Waals surface area contributed by atoms with Gasteiger partial charge in [0.05, 0.1) is 4.88 Å². The number of hydrogen-bond acceptors (Lipinski definition) is 5. The number of carbonyl (C=O) groups excluding carboxylic acids is 2. The average Bonchev–Trinajstić information content (AvgIpc) is 3.00. The molecule has 102 valence electrons. The fourth-order valence-corrected chi connectivity index (χ4v) is 2.49. The van der Waals surface area contributed by atoms with Gasteiger partial charge in [0.15, 0.2) is 11.5 Å². The Balaban J connectivity index is 1.74. The zero-order valence-corrected chi connectivity index (χ0v) is 11.2. The molecule has 20 heavy (non-hydrogen) atoms. The van der Waals surface area contributed by atoms with Crippen LogP contribution in [0.2, 0.25) is 0 Å². The van der Waals surface area contributed by atoms with Crippen LogP contribution in [-0.4, -0.2) is 24.9 Å². The summed E-state index contributed by atoms with van der Waals surface area (Å²) in [4.78, 5) is 24.1. The van der Waals surface area contributed by atoms with E-state index in [0.717, 1.165) is 0 Å². The average molecular weight is 289 g/mol. The number of ether oxygens (including phenoxy) is 2. The molecule has 0 fully saturated rings. The number of anilines is 1. The van der Waals surface area contributed by atoms with Crippen molar-refractivity contribution in [3.8, 4) is 11.5 Å². The minimum Gasteiger partial charge on any atom is -0.486 e. The van der Waals surface area contributed by atoms with Gasteiger partial charge in [0.1, 0.15) is 13.2 Å². The highest BCUT2D eigenvalue weighted by Gasteiger charge is 2.18. The van der Waals surface area contributed by atoms with E-state index in [9.17, 15) is 9.59 Å². The minimum atomic E-state index is -0.663. The first-order valence-electron chi connectivity index (χ1n) is 6.03. The maximum absolute atomic E-state index is 11.9. The van der Waals surface area contributed by atoms with Crippen LogP contribution in [0.1, 0.15) is 9.67 Å². The molecular formula is C14H11NO4S. The predicted molar refractivity (Wildman–Crippen MR) is 74.7 cm³/mol. The van der Waals surface area contributed by atoms with E-state index in [1.807, 2.05) is 0 Å². The monoisotopic (exact) mass is 289 g/mol. The van der Waals surface area contributed by atoms with E-state index in [4.69, 9.17) is 9.47 Å². The first-order chi connectivity index (χ1) is 9.74. The molecule has 0 saturated heterocycles. The topological polar surface area (TPSA) is 64.6 Å². The third kappa shape index (κ3) is 2.50. The Labute approximate surface area is 119 Å². The standard InChI is InChI=1S/C14H11NO4S/c16-13(12-2-1-7-20-12)14(17)15-9-3-4-10-11(8-9)19-6-5-18-10/h1-4,7-8H,5-6H2,(H,15,17). The van der Waals surface area contributed by atoms with Gasteiger partial charge < -0.3 is 14.8 Å². The van der Waals surface area contributed by atoms with Crippen molar-refractivity contribution in [1.82, 2.24) is 0 Å². The third-order valence-corrected chi connectivity index (χ3v) is 3.62. The Morgan fingerprint density at radius 2 is 1.90 bits per heavy atom. The zero-order valence-electron chi connectivity index (χ0n) is 10.4. The lowest BCUT2D eigenvalue weighted by molar-refractivity contribution is -0.112. The molecule has 5 nitrogen and oxygen atoms in total. The van der Waals surface area contributed by atoms with E-state index in [1.165, 1.54) is 11.3 Å². The molecule has 0 aliphatic carbocycles. The number of benzene rings is 1. The van der Waals surface area contributed by atoms with Crippen LogP contribution in [0.5, 0.6) is 11.5 Å². The van der Waals surface area contributed by atoms with Crippen LogP contribution in [0, 0.1) is 0 Å². The number of carbonyl (C=O) groups is 2. The van der Waals surface area contributed by atoms with Crippen LogP contribution in [0.4, 0.5) is 5.69 Å². The summed E-state index contributed by atoms with van der Waals surface area (Å²) in [5, 5.41) is 4.32. The molecule has 0 saturated carbocycles. The summed E-state index contributed by atoms with van der Waals surface area (Å²) < 4.78 is 10.8. The lowest BCUT2D eigenvalue weighted by Crippen LogP contribution is -2.22.